The maximum Gasteiger partial charge on any atom is 0.303 e. The van der Waals surface area contributed by atoms with Crippen molar-refractivity contribution < 1.29 is 9.90 Å². The normalized spacial score (nSPS) is 18.9. The maximum atomic E-state index is 10.5. The summed E-state index contributed by atoms with van der Waals surface area (Å²) in [6.45, 7) is 4.23. The molecule has 0 saturated heterocycles. The van der Waals surface area contributed by atoms with Gasteiger partial charge in [0, 0.05) is 12.5 Å². The second-order valence-corrected chi connectivity index (χ2v) is 5.70. The van der Waals surface area contributed by atoms with Crippen LogP contribution >= 0.6 is 0 Å². The SMILES string of the molecule is CC(C)(CCC(=O)O)CC(N)CC1CC1. The Hall–Kier alpha value is -0.570. The van der Waals surface area contributed by atoms with Crippen molar-refractivity contribution in [3.05, 3.63) is 0 Å². The van der Waals surface area contributed by atoms with Crippen LogP contribution in [0.5, 0.6) is 0 Å². The number of hydrogen-bond donors (Lipinski definition) is 2. The van der Waals surface area contributed by atoms with Crippen molar-refractivity contribution in [3.8, 4) is 0 Å². The smallest absolute Gasteiger partial charge is 0.303 e. The quantitative estimate of drug-likeness (QED) is 0.682. The Kier molecular flexibility index (Phi) is 4.14. The summed E-state index contributed by atoms with van der Waals surface area (Å²) in [5, 5.41) is 8.64. The van der Waals surface area contributed by atoms with Crippen LogP contribution in [0.4, 0.5) is 0 Å². The Labute approximate surface area is 92.0 Å². The number of carbonyl (C=O) groups is 1. The van der Waals surface area contributed by atoms with Gasteiger partial charge in [-0.3, -0.25) is 4.79 Å². The molecule has 88 valence electrons. The highest BCUT2D eigenvalue weighted by Gasteiger charge is 2.28. The third-order valence-corrected chi connectivity index (χ3v) is 3.16. The predicted molar refractivity (Wildman–Crippen MR) is 60.6 cm³/mol. The van der Waals surface area contributed by atoms with Crippen molar-refractivity contribution >= 4 is 5.97 Å². The van der Waals surface area contributed by atoms with Gasteiger partial charge in [-0.2, -0.15) is 0 Å². The highest BCUT2D eigenvalue weighted by molar-refractivity contribution is 5.66. The molecule has 1 aliphatic carbocycles. The summed E-state index contributed by atoms with van der Waals surface area (Å²) < 4.78 is 0. The zero-order chi connectivity index (χ0) is 11.5. The van der Waals surface area contributed by atoms with Gasteiger partial charge in [-0.05, 0) is 30.6 Å². The fraction of sp³-hybridized carbons (Fsp3) is 0.917. The minimum atomic E-state index is -0.709. The van der Waals surface area contributed by atoms with Crippen molar-refractivity contribution in [1.82, 2.24) is 0 Å². The van der Waals surface area contributed by atoms with E-state index in [1.165, 1.54) is 12.8 Å². The van der Waals surface area contributed by atoms with E-state index in [4.69, 9.17) is 10.8 Å². The Bertz CT molecular complexity index is 222. The lowest BCUT2D eigenvalue weighted by Gasteiger charge is -2.27. The number of nitrogens with two attached hydrogens (primary N) is 1. The summed E-state index contributed by atoms with van der Waals surface area (Å²) in [6, 6.07) is 0.251. The molecule has 0 aromatic carbocycles. The maximum absolute atomic E-state index is 10.5. The van der Waals surface area contributed by atoms with Crippen molar-refractivity contribution in [2.45, 2.75) is 58.4 Å². The molecule has 0 bridgehead atoms. The first-order chi connectivity index (χ1) is 6.89. The first-order valence-corrected chi connectivity index (χ1v) is 5.86. The fourth-order valence-corrected chi connectivity index (χ4v) is 2.12. The zero-order valence-corrected chi connectivity index (χ0v) is 9.83. The lowest BCUT2D eigenvalue weighted by molar-refractivity contribution is -0.137. The molecule has 0 aromatic heterocycles. The predicted octanol–water partition coefficient (Wildman–Crippen LogP) is 2.39. The van der Waals surface area contributed by atoms with Gasteiger partial charge in [0.2, 0.25) is 0 Å². The Balaban J connectivity index is 2.22. The van der Waals surface area contributed by atoms with Crippen molar-refractivity contribution in [2.24, 2.45) is 17.1 Å². The molecule has 1 atom stereocenters. The van der Waals surface area contributed by atoms with E-state index in [1.807, 2.05) is 0 Å². The van der Waals surface area contributed by atoms with E-state index in [0.29, 0.717) is 0 Å². The van der Waals surface area contributed by atoms with Gasteiger partial charge in [0.15, 0.2) is 0 Å². The average molecular weight is 213 g/mol. The topological polar surface area (TPSA) is 63.3 Å². The molecule has 0 aromatic rings. The second-order valence-electron chi connectivity index (χ2n) is 5.70. The van der Waals surface area contributed by atoms with Gasteiger partial charge in [-0.1, -0.05) is 26.7 Å². The number of hydrogen-bond acceptors (Lipinski definition) is 2. The number of carboxylic acids is 1. The molecule has 1 fully saturated rings. The molecule has 0 heterocycles. The van der Waals surface area contributed by atoms with E-state index in [-0.39, 0.29) is 17.9 Å². The summed E-state index contributed by atoms with van der Waals surface area (Å²) in [4.78, 5) is 10.5. The molecule has 1 saturated carbocycles. The van der Waals surface area contributed by atoms with Crippen LogP contribution in [-0.2, 0) is 4.79 Å². The van der Waals surface area contributed by atoms with Crippen LogP contribution in [0.25, 0.3) is 0 Å². The van der Waals surface area contributed by atoms with Crippen LogP contribution in [0.1, 0.15) is 52.4 Å². The van der Waals surface area contributed by atoms with Crippen molar-refractivity contribution in [3.63, 3.8) is 0 Å². The van der Waals surface area contributed by atoms with E-state index < -0.39 is 5.97 Å². The van der Waals surface area contributed by atoms with Crippen molar-refractivity contribution in [2.75, 3.05) is 0 Å². The van der Waals surface area contributed by atoms with E-state index in [2.05, 4.69) is 13.8 Å². The Morgan fingerprint density at radius 1 is 1.53 bits per heavy atom. The first-order valence-electron chi connectivity index (χ1n) is 5.86. The lowest BCUT2D eigenvalue weighted by Crippen LogP contribution is -2.28. The molecule has 0 amide bonds. The molecule has 3 heteroatoms. The Morgan fingerprint density at radius 2 is 2.13 bits per heavy atom. The van der Waals surface area contributed by atoms with E-state index in [1.54, 1.807) is 0 Å². The lowest BCUT2D eigenvalue weighted by atomic mass is 9.80. The summed E-state index contributed by atoms with van der Waals surface area (Å²) in [5.74, 6) is 0.147. The molecule has 15 heavy (non-hydrogen) atoms. The largest absolute Gasteiger partial charge is 0.481 e. The molecule has 1 rings (SSSR count). The van der Waals surface area contributed by atoms with Crippen LogP contribution in [0, 0.1) is 11.3 Å². The molecule has 0 spiro atoms. The van der Waals surface area contributed by atoms with Crippen LogP contribution in [0.15, 0.2) is 0 Å². The Morgan fingerprint density at radius 3 is 2.60 bits per heavy atom. The van der Waals surface area contributed by atoms with Crippen molar-refractivity contribution in [1.29, 1.82) is 0 Å². The number of aliphatic carboxylic acids is 1. The standard InChI is InChI=1S/C12H23NO2/c1-12(2,6-5-11(14)15)8-10(13)7-9-3-4-9/h9-10H,3-8,13H2,1-2H3,(H,14,15). The third kappa shape index (κ3) is 5.78. The average Bonchev–Trinajstić information content (AvgIpc) is 2.83. The van der Waals surface area contributed by atoms with Crippen LogP contribution in [0.2, 0.25) is 0 Å². The first kappa shape index (κ1) is 12.5. The van der Waals surface area contributed by atoms with E-state index in [0.717, 1.165) is 25.2 Å². The summed E-state index contributed by atoms with van der Waals surface area (Å²) in [6.07, 6.45) is 5.71. The third-order valence-electron chi connectivity index (χ3n) is 3.16. The van der Waals surface area contributed by atoms with Gasteiger partial charge in [0.25, 0.3) is 0 Å². The summed E-state index contributed by atoms with van der Waals surface area (Å²) >= 11 is 0. The van der Waals surface area contributed by atoms with Gasteiger partial charge in [-0.15, -0.1) is 0 Å². The van der Waals surface area contributed by atoms with Crippen LogP contribution < -0.4 is 5.73 Å². The molecule has 1 unspecified atom stereocenters. The fourth-order valence-electron chi connectivity index (χ4n) is 2.12. The van der Waals surface area contributed by atoms with Gasteiger partial charge >= 0.3 is 5.97 Å². The second kappa shape index (κ2) is 4.97. The molecule has 3 N–H and O–H groups in total. The van der Waals surface area contributed by atoms with Gasteiger partial charge in [0.05, 0.1) is 0 Å². The zero-order valence-electron chi connectivity index (χ0n) is 9.83. The monoisotopic (exact) mass is 213 g/mol. The minimum absolute atomic E-state index is 0.0622. The molecular weight excluding hydrogens is 190 g/mol. The number of carboxylic acid groups (broad SMARTS) is 1. The van der Waals surface area contributed by atoms with E-state index >= 15 is 0 Å². The van der Waals surface area contributed by atoms with Crippen LogP contribution in [-0.4, -0.2) is 17.1 Å². The van der Waals surface area contributed by atoms with E-state index in [9.17, 15) is 4.79 Å². The summed E-state index contributed by atoms with van der Waals surface area (Å²) in [7, 11) is 0. The molecule has 1 aliphatic rings. The van der Waals surface area contributed by atoms with Gasteiger partial charge < -0.3 is 10.8 Å². The molecule has 0 aliphatic heterocycles. The minimum Gasteiger partial charge on any atom is -0.481 e. The summed E-state index contributed by atoms with van der Waals surface area (Å²) in [5.41, 5.74) is 6.12. The van der Waals surface area contributed by atoms with Gasteiger partial charge in [-0.25, -0.2) is 0 Å². The highest BCUT2D eigenvalue weighted by Crippen LogP contribution is 2.36. The number of rotatable bonds is 7. The molecule has 0 radical (unpaired) electrons. The highest BCUT2D eigenvalue weighted by atomic mass is 16.4. The van der Waals surface area contributed by atoms with Crippen LogP contribution in [0.3, 0.4) is 0 Å². The molecule has 3 nitrogen and oxygen atoms in total. The van der Waals surface area contributed by atoms with Gasteiger partial charge in [0.1, 0.15) is 0 Å². The molecular formula is C12H23NO2.